The Morgan fingerprint density at radius 2 is 0.978 bits per heavy atom. The van der Waals surface area contributed by atoms with Gasteiger partial charge in [0, 0.05) is 26.3 Å². The molecule has 0 aromatic rings. The lowest BCUT2D eigenvalue weighted by molar-refractivity contribution is -0.161. The zero-order valence-corrected chi connectivity index (χ0v) is 30.2. The van der Waals surface area contributed by atoms with Gasteiger partial charge in [0.1, 0.15) is 6.61 Å². The van der Waals surface area contributed by atoms with E-state index in [4.69, 9.17) is 19.3 Å². The summed E-state index contributed by atoms with van der Waals surface area (Å²) >= 11 is 0. The number of phosphoric acid groups is 1. The Balaban J connectivity index is 3.90. The minimum Gasteiger partial charge on any atom is -0.462 e. The molecule has 0 bridgehead atoms. The van der Waals surface area contributed by atoms with Gasteiger partial charge in [-0.2, -0.15) is 0 Å². The molecule has 0 aliphatic carbocycles. The highest BCUT2D eigenvalue weighted by Crippen LogP contribution is 2.36. The number of carbonyl (C=O) groups is 3. The second kappa shape index (κ2) is 32.1. The number of amides is 1. The minimum absolute atomic E-state index is 0.0387. The third-order valence-electron chi connectivity index (χ3n) is 8.07. The van der Waals surface area contributed by atoms with Crippen LogP contribution in [0.1, 0.15) is 181 Å². The first-order valence-electron chi connectivity index (χ1n) is 18.4. The van der Waals surface area contributed by atoms with Crippen LogP contribution in [0.3, 0.4) is 0 Å². The van der Waals surface area contributed by atoms with Gasteiger partial charge in [-0.05, 0) is 19.3 Å². The number of carbonyl (C=O) groups excluding carboxylic acids is 3. The van der Waals surface area contributed by atoms with Crippen LogP contribution in [-0.2, 0) is 32.9 Å². The fourth-order valence-electron chi connectivity index (χ4n) is 5.34. The number of unbranched alkanes of at least 4 members (excludes halogenated alkanes) is 22. The molecule has 1 atom stereocenters. The molecule has 0 aliphatic rings. The summed E-state index contributed by atoms with van der Waals surface area (Å²) in [7, 11) is -4.75. The smallest absolute Gasteiger partial charge is 0.462 e. The number of hydrogen-bond acceptors (Lipinski definition) is 7. The molecule has 3 N–H and O–H groups in total. The lowest BCUT2D eigenvalue weighted by atomic mass is 10.0. The van der Waals surface area contributed by atoms with Gasteiger partial charge < -0.3 is 24.6 Å². The van der Waals surface area contributed by atoms with Crippen LogP contribution < -0.4 is 5.32 Å². The molecule has 0 spiro atoms. The van der Waals surface area contributed by atoms with E-state index in [2.05, 4.69) is 16.8 Å². The van der Waals surface area contributed by atoms with E-state index in [1.807, 2.05) is 0 Å². The van der Waals surface area contributed by atoms with Crippen molar-refractivity contribution in [2.75, 3.05) is 19.8 Å². The zero-order valence-electron chi connectivity index (χ0n) is 29.3. The van der Waals surface area contributed by atoms with Gasteiger partial charge in [0.2, 0.25) is 5.91 Å². The lowest BCUT2D eigenvalue weighted by Gasteiger charge is -2.18. The molecule has 46 heavy (non-hydrogen) atoms. The molecule has 0 radical (unpaired) electrons. The van der Waals surface area contributed by atoms with Gasteiger partial charge in [-0.15, -0.1) is 0 Å². The molecule has 0 fully saturated rings. The molecule has 11 heteroatoms. The Hall–Kier alpha value is -1.48. The van der Waals surface area contributed by atoms with E-state index in [0.717, 1.165) is 57.9 Å². The van der Waals surface area contributed by atoms with E-state index in [9.17, 15) is 18.9 Å². The highest BCUT2D eigenvalue weighted by molar-refractivity contribution is 7.46. The number of ether oxygens (including phenoxy) is 2. The molecule has 10 nitrogen and oxygen atoms in total. The van der Waals surface area contributed by atoms with Crippen LogP contribution in [0.4, 0.5) is 0 Å². The average molecular weight is 678 g/mol. The predicted octanol–water partition coefficient (Wildman–Crippen LogP) is 8.85. The SMILES string of the molecule is CCCCCCCCCCCCCCC(=O)O[C@H](COC(=O)CCCCCCCCCCCCCCNC(C)=O)COP(=O)(O)O. The monoisotopic (exact) mass is 677 g/mol. The third-order valence-corrected chi connectivity index (χ3v) is 8.56. The first-order chi connectivity index (χ1) is 22.1. The highest BCUT2D eigenvalue weighted by atomic mass is 31.2. The summed E-state index contributed by atoms with van der Waals surface area (Å²) in [5.41, 5.74) is 0. The quantitative estimate of drug-likeness (QED) is 0.0345. The van der Waals surface area contributed by atoms with Crippen molar-refractivity contribution < 1.29 is 42.7 Å². The van der Waals surface area contributed by atoms with Crippen LogP contribution in [0, 0.1) is 0 Å². The van der Waals surface area contributed by atoms with Crippen LogP contribution in [0.15, 0.2) is 0 Å². The molecule has 0 heterocycles. The molecule has 0 unspecified atom stereocenters. The van der Waals surface area contributed by atoms with Gasteiger partial charge in [-0.3, -0.25) is 18.9 Å². The van der Waals surface area contributed by atoms with Crippen molar-refractivity contribution in [3.63, 3.8) is 0 Å². The van der Waals surface area contributed by atoms with Crippen LogP contribution >= 0.6 is 7.82 Å². The Kier molecular flexibility index (Phi) is 31.1. The van der Waals surface area contributed by atoms with Crippen LogP contribution in [0.2, 0.25) is 0 Å². The molecular formula is C35H68NO9P. The van der Waals surface area contributed by atoms with E-state index >= 15 is 0 Å². The van der Waals surface area contributed by atoms with E-state index in [1.165, 1.54) is 89.9 Å². The first-order valence-corrected chi connectivity index (χ1v) is 20.0. The largest absolute Gasteiger partial charge is 0.469 e. The van der Waals surface area contributed by atoms with Crippen molar-refractivity contribution in [2.45, 2.75) is 187 Å². The summed E-state index contributed by atoms with van der Waals surface area (Å²) < 4.78 is 26.2. The van der Waals surface area contributed by atoms with E-state index < -0.39 is 32.5 Å². The molecule has 1 amide bonds. The molecule has 0 saturated carbocycles. The second-order valence-corrected chi connectivity index (χ2v) is 13.9. The van der Waals surface area contributed by atoms with E-state index in [0.29, 0.717) is 12.8 Å². The van der Waals surface area contributed by atoms with Crippen molar-refractivity contribution >= 4 is 25.7 Å². The molecule has 0 aromatic carbocycles. The summed E-state index contributed by atoms with van der Waals surface area (Å²) in [4.78, 5) is 53.4. The predicted molar refractivity (Wildman–Crippen MR) is 183 cm³/mol. The van der Waals surface area contributed by atoms with Crippen molar-refractivity contribution in [3.8, 4) is 0 Å². The lowest BCUT2D eigenvalue weighted by Crippen LogP contribution is -2.29. The number of nitrogens with one attached hydrogen (secondary N) is 1. The average Bonchev–Trinajstić information content (AvgIpc) is 3.00. The van der Waals surface area contributed by atoms with Crippen molar-refractivity contribution in [3.05, 3.63) is 0 Å². The summed E-state index contributed by atoms with van der Waals surface area (Å²) in [6.07, 6.45) is 27.0. The summed E-state index contributed by atoms with van der Waals surface area (Å²) in [5.74, 6) is -0.867. The molecule has 0 rings (SSSR count). The maximum Gasteiger partial charge on any atom is 0.469 e. The maximum atomic E-state index is 12.3. The highest BCUT2D eigenvalue weighted by Gasteiger charge is 2.22. The van der Waals surface area contributed by atoms with Crippen LogP contribution in [0.5, 0.6) is 0 Å². The second-order valence-electron chi connectivity index (χ2n) is 12.7. The standard InChI is InChI=1S/C35H68NO9P/c1-3-4-5-6-7-8-9-12-16-19-22-25-28-35(39)45-33(31-44-46(40,41)42)30-43-34(38)27-24-21-18-15-13-10-11-14-17-20-23-26-29-36-32(2)37/h33H,3-31H2,1-2H3,(H,36,37)(H2,40,41,42)/t33-/m1/s1. The summed E-state index contributed by atoms with van der Waals surface area (Å²) in [5, 5.41) is 2.82. The van der Waals surface area contributed by atoms with Gasteiger partial charge in [-0.25, -0.2) is 4.57 Å². The number of esters is 2. The summed E-state index contributed by atoms with van der Waals surface area (Å²) in [6.45, 7) is 3.72. The number of rotatable bonds is 34. The summed E-state index contributed by atoms with van der Waals surface area (Å²) in [6, 6.07) is 0. The topological polar surface area (TPSA) is 148 Å². The Morgan fingerprint density at radius 1 is 0.587 bits per heavy atom. The normalized spacial score (nSPS) is 12.2. The van der Waals surface area contributed by atoms with Gasteiger partial charge in [-0.1, -0.05) is 142 Å². The van der Waals surface area contributed by atoms with Gasteiger partial charge in [0.05, 0.1) is 6.61 Å². The van der Waals surface area contributed by atoms with E-state index in [-0.39, 0.29) is 25.4 Å². The zero-order chi connectivity index (χ0) is 34.1. The third kappa shape index (κ3) is 35.4. The fraction of sp³-hybridized carbons (Fsp3) is 0.914. The molecule has 0 aliphatic heterocycles. The van der Waals surface area contributed by atoms with Gasteiger partial charge >= 0.3 is 19.8 Å². The van der Waals surface area contributed by atoms with Crippen molar-refractivity contribution in [1.29, 1.82) is 0 Å². The van der Waals surface area contributed by atoms with Crippen molar-refractivity contribution in [2.24, 2.45) is 0 Å². The molecule has 0 saturated heterocycles. The number of hydrogen-bond donors (Lipinski definition) is 3. The molecular weight excluding hydrogens is 609 g/mol. The van der Waals surface area contributed by atoms with E-state index in [1.54, 1.807) is 6.92 Å². The Morgan fingerprint density at radius 3 is 1.39 bits per heavy atom. The minimum atomic E-state index is -4.75. The van der Waals surface area contributed by atoms with Gasteiger partial charge in [0.25, 0.3) is 0 Å². The molecule has 0 aromatic heterocycles. The van der Waals surface area contributed by atoms with Crippen LogP contribution in [0.25, 0.3) is 0 Å². The number of phosphoric ester groups is 1. The van der Waals surface area contributed by atoms with Crippen LogP contribution in [-0.4, -0.2) is 53.5 Å². The first kappa shape index (κ1) is 44.5. The maximum absolute atomic E-state index is 12.3. The van der Waals surface area contributed by atoms with Crippen molar-refractivity contribution in [1.82, 2.24) is 5.32 Å². The Labute approximate surface area is 280 Å². The Bertz CT molecular complexity index is 790. The fourth-order valence-corrected chi connectivity index (χ4v) is 5.70. The van der Waals surface area contributed by atoms with Gasteiger partial charge in [0.15, 0.2) is 6.10 Å². The molecule has 272 valence electrons.